The zero-order chi connectivity index (χ0) is 14.7. The molecule has 0 spiro atoms. The van der Waals surface area contributed by atoms with Gasteiger partial charge in [0.15, 0.2) is 0 Å². The lowest BCUT2D eigenvalue weighted by atomic mass is 10.1. The van der Waals surface area contributed by atoms with Crippen molar-refractivity contribution >= 4 is 17.9 Å². The highest BCUT2D eigenvalue weighted by atomic mass is 16.4. The average Bonchev–Trinajstić information content (AvgIpc) is 2.33. The van der Waals surface area contributed by atoms with E-state index in [-0.39, 0.29) is 6.04 Å². The number of nitrogens with one attached hydrogen (secondary N) is 2. The number of carbonyl (C=O) groups excluding carboxylic acids is 2. The molecule has 0 heterocycles. The topological polar surface area (TPSA) is 95.5 Å². The van der Waals surface area contributed by atoms with Crippen molar-refractivity contribution in [2.75, 3.05) is 0 Å². The molecule has 6 nitrogen and oxygen atoms in total. The second-order valence-electron chi connectivity index (χ2n) is 4.26. The Kier molecular flexibility index (Phi) is 9.12. The number of carboxylic acid groups (broad SMARTS) is 1. The van der Waals surface area contributed by atoms with E-state index in [1.807, 2.05) is 6.92 Å². The summed E-state index contributed by atoms with van der Waals surface area (Å²) in [7, 11) is 0. The predicted octanol–water partition coefficient (Wildman–Crippen LogP) is 1.81. The third-order valence-electron chi connectivity index (χ3n) is 2.49. The van der Waals surface area contributed by atoms with Crippen molar-refractivity contribution in [1.29, 1.82) is 0 Å². The second-order valence-corrected chi connectivity index (χ2v) is 4.26. The summed E-state index contributed by atoms with van der Waals surface area (Å²) in [5.41, 5.74) is 0. The van der Waals surface area contributed by atoms with Gasteiger partial charge in [-0.05, 0) is 12.8 Å². The first-order chi connectivity index (χ1) is 8.99. The summed E-state index contributed by atoms with van der Waals surface area (Å²) in [5, 5.41) is 13.1. The molecule has 0 aliphatic heterocycles. The van der Waals surface area contributed by atoms with Gasteiger partial charge in [-0.15, -0.1) is 0 Å². The third-order valence-corrected chi connectivity index (χ3v) is 2.49. The van der Waals surface area contributed by atoms with Crippen LogP contribution in [-0.2, 0) is 9.59 Å². The SMILES string of the molecule is CCCCC(CCC)NC(=O)NC(=O)/C=C/C(=O)O. The molecule has 0 aromatic rings. The number of unbranched alkanes of at least 4 members (excludes halogenated alkanes) is 1. The molecule has 1 atom stereocenters. The maximum atomic E-state index is 11.5. The molecule has 0 saturated heterocycles. The second kappa shape index (κ2) is 10.1. The van der Waals surface area contributed by atoms with Crippen LogP contribution in [0.2, 0.25) is 0 Å². The number of rotatable bonds is 8. The molecule has 19 heavy (non-hydrogen) atoms. The molecule has 0 rings (SSSR count). The van der Waals surface area contributed by atoms with Crippen molar-refractivity contribution in [3.8, 4) is 0 Å². The molecule has 0 saturated carbocycles. The van der Waals surface area contributed by atoms with E-state index < -0.39 is 17.9 Å². The summed E-state index contributed by atoms with van der Waals surface area (Å²) < 4.78 is 0. The van der Waals surface area contributed by atoms with Crippen molar-refractivity contribution < 1.29 is 19.5 Å². The third kappa shape index (κ3) is 9.82. The highest BCUT2D eigenvalue weighted by Gasteiger charge is 2.12. The highest BCUT2D eigenvalue weighted by molar-refractivity contribution is 6.02. The van der Waals surface area contributed by atoms with Crippen LogP contribution < -0.4 is 10.6 Å². The maximum absolute atomic E-state index is 11.5. The van der Waals surface area contributed by atoms with Crippen LogP contribution in [0.5, 0.6) is 0 Å². The molecule has 0 aromatic carbocycles. The van der Waals surface area contributed by atoms with Crippen LogP contribution in [0.4, 0.5) is 4.79 Å². The Morgan fingerprint density at radius 1 is 1.11 bits per heavy atom. The summed E-state index contributed by atoms with van der Waals surface area (Å²) in [5.74, 6) is -1.98. The number of imide groups is 1. The zero-order valence-corrected chi connectivity index (χ0v) is 11.4. The minimum atomic E-state index is -1.23. The van der Waals surface area contributed by atoms with E-state index in [0.29, 0.717) is 6.08 Å². The van der Waals surface area contributed by atoms with Gasteiger partial charge < -0.3 is 10.4 Å². The van der Waals surface area contributed by atoms with Crippen molar-refractivity contribution in [2.45, 2.75) is 52.0 Å². The molecule has 0 aliphatic rings. The van der Waals surface area contributed by atoms with Gasteiger partial charge >= 0.3 is 12.0 Å². The van der Waals surface area contributed by atoms with Gasteiger partial charge in [-0.1, -0.05) is 33.1 Å². The first-order valence-corrected chi connectivity index (χ1v) is 6.52. The molecule has 0 fully saturated rings. The lowest BCUT2D eigenvalue weighted by Gasteiger charge is -2.17. The zero-order valence-electron chi connectivity index (χ0n) is 11.4. The normalized spacial score (nSPS) is 12.1. The van der Waals surface area contributed by atoms with Gasteiger partial charge in [-0.2, -0.15) is 0 Å². The van der Waals surface area contributed by atoms with E-state index in [1.165, 1.54) is 0 Å². The molecule has 1 unspecified atom stereocenters. The summed E-state index contributed by atoms with van der Waals surface area (Å²) in [4.78, 5) is 32.9. The summed E-state index contributed by atoms with van der Waals surface area (Å²) in [6.07, 6.45) is 6.22. The Labute approximate surface area is 113 Å². The van der Waals surface area contributed by atoms with E-state index in [9.17, 15) is 14.4 Å². The lowest BCUT2D eigenvalue weighted by Crippen LogP contribution is -2.44. The van der Waals surface area contributed by atoms with Crippen LogP contribution in [0.3, 0.4) is 0 Å². The van der Waals surface area contributed by atoms with E-state index in [4.69, 9.17) is 5.11 Å². The van der Waals surface area contributed by atoms with Gasteiger partial charge in [0, 0.05) is 18.2 Å². The Morgan fingerprint density at radius 3 is 2.32 bits per heavy atom. The number of aliphatic carboxylic acids is 1. The highest BCUT2D eigenvalue weighted by Crippen LogP contribution is 2.06. The van der Waals surface area contributed by atoms with Gasteiger partial charge in [-0.3, -0.25) is 10.1 Å². The number of urea groups is 1. The predicted molar refractivity (Wildman–Crippen MR) is 71.7 cm³/mol. The average molecular weight is 270 g/mol. The number of carboxylic acids is 1. The number of hydrogen-bond acceptors (Lipinski definition) is 3. The van der Waals surface area contributed by atoms with Crippen molar-refractivity contribution in [1.82, 2.24) is 10.6 Å². The smallest absolute Gasteiger partial charge is 0.328 e. The van der Waals surface area contributed by atoms with Crippen LogP contribution >= 0.6 is 0 Å². The quantitative estimate of drug-likeness (QED) is 0.586. The van der Waals surface area contributed by atoms with Crippen LogP contribution in [0.25, 0.3) is 0 Å². The van der Waals surface area contributed by atoms with Crippen LogP contribution in [0.15, 0.2) is 12.2 Å². The first kappa shape index (κ1) is 17.2. The Hall–Kier alpha value is -1.85. The first-order valence-electron chi connectivity index (χ1n) is 6.52. The minimum Gasteiger partial charge on any atom is -0.478 e. The fourth-order valence-corrected chi connectivity index (χ4v) is 1.61. The number of carbonyl (C=O) groups is 3. The molecule has 0 aromatic heterocycles. The van der Waals surface area contributed by atoms with Crippen LogP contribution in [-0.4, -0.2) is 29.1 Å². The molecule has 3 N–H and O–H groups in total. The summed E-state index contributed by atoms with van der Waals surface area (Å²) in [6.45, 7) is 4.10. The summed E-state index contributed by atoms with van der Waals surface area (Å²) in [6, 6.07) is -0.546. The Bertz CT molecular complexity index is 340. The standard InChI is InChI=1S/C13H22N2O4/c1-3-5-7-10(6-4-2)14-13(19)15-11(16)8-9-12(17)18/h8-10H,3-7H2,1-2H3,(H,17,18)(H2,14,15,16,19)/b9-8+. The molecular weight excluding hydrogens is 248 g/mol. The fraction of sp³-hybridized carbons (Fsp3) is 0.615. The monoisotopic (exact) mass is 270 g/mol. The summed E-state index contributed by atoms with van der Waals surface area (Å²) >= 11 is 0. The van der Waals surface area contributed by atoms with Gasteiger partial charge in [-0.25, -0.2) is 9.59 Å². The van der Waals surface area contributed by atoms with E-state index in [2.05, 4.69) is 17.6 Å². The molecule has 108 valence electrons. The van der Waals surface area contributed by atoms with Crippen LogP contribution in [0.1, 0.15) is 46.0 Å². The number of amides is 3. The largest absolute Gasteiger partial charge is 0.478 e. The maximum Gasteiger partial charge on any atom is 0.328 e. The lowest BCUT2D eigenvalue weighted by molar-refractivity contribution is -0.131. The molecule has 0 bridgehead atoms. The van der Waals surface area contributed by atoms with Crippen LogP contribution in [0, 0.1) is 0 Å². The fourth-order valence-electron chi connectivity index (χ4n) is 1.61. The van der Waals surface area contributed by atoms with E-state index in [1.54, 1.807) is 0 Å². The van der Waals surface area contributed by atoms with Crippen molar-refractivity contribution in [2.24, 2.45) is 0 Å². The van der Waals surface area contributed by atoms with E-state index in [0.717, 1.165) is 38.2 Å². The molecule has 6 heteroatoms. The Balaban J connectivity index is 4.17. The molecular formula is C13H22N2O4. The van der Waals surface area contributed by atoms with Gasteiger partial charge in [0.2, 0.25) is 0 Å². The number of hydrogen-bond donors (Lipinski definition) is 3. The van der Waals surface area contributed by atoms with E-state index >= 15 is 0 Å². The van der Waals surface area contributed by atoms with Gasteiger partial charge in [0.1, 0.15) is 0 Å². The molecule has 0 radical (unpaired) electrons. The minimum absolute atomic E-state index is 0.0428. The van der Waals surface area contributed by atoms with Crippen molar-refractivity contribution in [3.05, 3.63) is 12.2 Å². The van der Waals surface area contributed by atoms with Crippen molar-refractivity contribution in [3.63, 3.8) is 0 Å². The molecule has 0 aliphatic carbocycles. The van der Waals surface area contributed by atoms with Gasteiger partial charge in [0.25, 0.3) is 5.91 Å². The molecule has 3 amide bonds. The van der Waals surface area contributed by atoms with Gasteiger partial charge in [0.05, 0.1) is 0 Å². The Morgan fingerprint density at radius 2 is 1.79 bits per heavy atom.